The minimum atomic E-state index is -0.468. The molecule has 0 unspecified atom stereocenters. The number of carbonyl (C=O) groups excluding carboxylic acids is 1. The van der Waals surface area contributed by atoms with Crippen molar-refractivity contribution in [1.29, 1.82) is 0 Å². The number of hydrogen-bond donors (Lipinski definition) is 0. The summed E-state index contributed by atoms with van der Waals surface area (Å²) in [4.78, 5) is 18.5. The van der Waals surface area contributed by atoms with E-state index in [0.717, 1.165) is 25.9 Å². The van der Waals surface area contributed by atoms with Gasteiger partial charge < -0.3 is 0 Å². The molecule has 3 rings (SSSR count). The first kappa shape index (κ1) is 13.7. The Morgan fingerprint density at radius 3 is 2.70 bits per heavy atom. The average Bonchev–Trinajstić information content (AvgIpc) is 2.84. The van der Waals surface area contributed by atoms with Crippen LogP contribution in [0.25, 0.3) is 21.5 Å². The predicted octanol–water partition coefficient (Wildman–Crippen LogP) is 5.41. The summed E-state index contributed by atoms with van der Waals surface area (Å²) in [5.74, 6) is 0. The molecule has 20 heavy (non-hydrogen) atoms. The van der Waals surface area contributed by atoms with E-state index >= 15 is 0 Å². The second-order valence-corrected chi connectivity index (χ2v) is 6.95. The Balaban J connectivity index is 2.31. The number of benzene rings is 1. The second kappa shape index (κ2) is 5.28. The van der Waals surface area contributed by atoms with Gasteiger partial charge in [0.25, 0.3) is 5.24 Å². The number of hydrogen-bond acceptors (Lipinski definition) is 3. The lowest BCUT2D eigenvalue weighted by molar-refractivity contribution is 0.108. The standard InChI is InChI=1S/C15H9BrClNOS/c1-8-2-5-14(20-8)13-7-11(15(17)19)10-6-9(16)3-4-12(10)18-13/h2-7H,1H3. The van der Waals surface area contributed by atoms with Gasteiger partial charge in [0.15, 0.2) is 0 Å². The van der Waals surface area contributed by atoms with Crippen molar-refractivity contribution >= 4 is 55.0 Å². The highest BCUT2D eigenvalue weighted by Gasteiger charge is 2.13. The Labute approximate surface area is 133 Å². The Bertz CT molecular complexity index is 828. The van der Waals surface area contributed by atoms with E-state index in [2.05, 4.69) is 20.9 Å². The fraction of sp³-hybridized carbons (Fsp3) is 0.0667. The van der Waals surface area contributed by atoms with Gasteiger partial charge in [-0.2, -0.15) is 0 Å². The van der Waals surface area contributed by atoms with Crippen LogP contribution in [0.3, 0.4) is 0 Å². The Morgan fingerprint density at radius 1 is 1.25 bits per heavy atom. The maximum Gasteiger partial charge on any atom is 0.253 e. The number of aromatic nitrogens is 1. The molecular weight excluding hydrogens is 358 g/mol. The second-order valence-electron chi connectivity index (χ2n) is 4.40. The smallest absolute Gasteiger partial charge is 0.253 e. The van der Waals surface area contributed by atoms with Crippen molar-refractivity contribution < 1.29 is 4.79 Å². The van der Waals surface area contributed by atoms with Crippen molar-refractivity contribution in [2.24, 2.45) is 0 Å². The van der Waals surface area contributed by atoms with E-state index in [1.807, 2.05) is 37.3 Å². The van der Waals surface area contributed by atoms with Crippen LogP contribution in [-0.2, 0) is 0 Å². The van der Waals surface area contributed by atoms with Crippen molar-refractivity contribution in [2.75, 3.05) is 0 Å². The zero-order valence-electron chi connectivity index (χ0n) is 10.5. The quantitative estimate of drug-likeness (QED) is 0.567. The maximum absolute atomic E-state index is 11.7. The lowest BCUT2D eigenvalue weighted by Gasteiger charge is -2.06. The average molecular weight is 367 g/mol. The SMILES string of the molecule is Cc1ccc(-c2cc(C(=O)Cl)c3cc(Br)ccc3n2)s1. The molecule has 2 aromatic heterocycles. The molecule has 100 valence electrons. The van der Waals surface area contributed by atoms with Crippen LogP contribution in [0.2, 0.25) is 0 Å². The molecule has 1 aromatic carbocycles. The van der Waals surface area contributed by atoms with Gasteiger partial charge in [0, 0.05) is 20.3 Å². The molecule has 0 aliphatic carbocycles. The van der Waals surface area contributed by atoms with Crippen LogP contribution in [-0.4, -0.2) is 10.2 Å². The van der Waals surface area contributed by atoms with Crippen molar-refractivity contribution in [3.05, 3.63) is 51.3 Å². The maximum atomic E-state index is 11.7. The van der Waals surface area contributed by atoms with E-state index in [9.17, 15) is 4.79 Å². The molecule has 0 bridgehead atoms. The zero-order chi connectivity index (χ0) is 14.3. The molecule has 3 aromatic rings. The topological polar surface area (TPSA) is 30.0 Å². The first-order valence-electron chi connectivity index (χ1n) is 5.91. The summed E-state index contributed by atoms with van der Waals surface area (Å²) in [7, 11) is 0. The Kier molecular flexibility index (Phi) is 3.63. The third kappa shape index (κ3) is 2.51. The highest BCUT2D eigenvalue weighted by Crippen LogP contribution is 2.31. The van der Waals surface area contributed by atoms with Crippen molar-refractivity contribution in [1.82, 2.24) is 4.98 Å². The molecule has 2 nitrogen and oxygen atoms in total. The number of nitrogens with zero attached hydrogens (tertiary/aromatic N) is 1. The third-order valence-corrected chi connectivity index (χ3v) is 4.70. The van der Waals surface area contributed by atoms with Gasteiger partial charge >= 0.3 is 0 Å². The Morgan fingerprint density at radius 2 is 2.05 bits per heavy atom. The number of fused-ring (bicyclic) bond motifs is 1. The zero-order valence-corrected chi connectivity index (χ0v) is 13.6. The summed E-state index contributed by atoms with van der Waals surface area (Å²) in [6.45, 7) is 2.04. The molecule has 0 fully saturated rings. The molecule has 0 N–H and O–H groups in total. The molecule has 0 saturated heterocycles. The molecule has 0 saturated carbocycles. The van der Waals surface area contributed by atoms with Crippen LogP contribution in [0.5, 0.6) is 0 Å². The van der Waals surface area contributed by atoms with Gasteiger partial charge in [-0.15, -0.1) is 11.3 Å². The molecule has 0 amide bonds. The fourth-order valence-corrected chi connectivity index (χ4v) is 3.40. The summed E-state index contributed by atoms with van der Waals surface area (Å²) in [6.07, 6.45) is 0. The molecule has 0 atom stereocenters. The van der Waals surface area contributed by atoms with Crippen molar-refractivity contribution in [3.63, 3.8) is 0 Å². The van der Waals surface area contributed by atoms with Gasteiger partial charge in [-0.25, -0.2) is 4.98 Å². The monoisotopic (exact) mass is 365 g/mol. The molecular formula is C15H9BrClNOS. The largest absolute Gasteiger partial charge is 0.276 e. The van der Waals surface area contributed by atoms with Crippen molar-refractivity contribution in [2.45, 2.75) is 6.92 Å². The number of halogens is 2. The molecule has 0 aliphatic rings. The van der Waals surface area contributed by atoms with Crippen LogP contribution in [0.15, 0.2) is 40.9 Å². The first-order valence-corrected chi connectivity index (χ1v) is 7.90. The van der Waals surface area contributed by atoms with Crippen LogP contribution in [0, 0.1) is 6.92 Å². The van der Waals surface area contributed by atoms with E-state index in [0.29, 0.717) is 5.56 Å². The van der Waals surface area contributed by atoms with Gasteiger partial charge in [0.1, 0.15) is 0 Å². The summed E-state index contributed by atoms with van der Waals surface area (Å²) in [6, 6.07) is 11.5. The highest BCUT2D eigenvalue weighted by molar-refractivity contribution is 9.10. The molecule has 0 radical (unpaired) electrons. The van der Waals surface area contributed by atoms with Gasteiger partial charge in [0.05, 0.1) is 16.1 Å². The normalized spacial score (nSPS) is 10.9. The van der Waals surface area contributed by atoms with E-state index < -0.39 is 5.24 Å². The van der Waals surface area contributed by atoms with Crippen LogP contribution < -0.4 is 0 Å². The highest BCUT2D eigenvalue weighted by atomic mass is 79.9. The number of pyridine rings is 1. The van der Waals surface area contributed by atoms with Crippen LogP contribution in [0.4, 0.5) is 0 Å². The minimum absolute atomic E-state index is 0.468. The van der Waals surface area contributed by atoms with E-state index in [1.165, 1.54) is 4.88 Å². The number of thiophene rings is 1. The number of aryl methyl sites for hydroxylation is 1. The number of carbonyl (C=O) groups is 1. The molecule has 0 aliphatic heterocycles. The number of rotatable bonds is 2. The van der Waals surface area contributed by atoms with E-state index in [1.54, 1.807) is 17.4 Å². The van der Waals surface area contributed by atoms with Crippen LogP contribution >= 0.6 is 38.9 Å². The predicted molar refractivity (Wildman–Crippen MR) is 87.7 cm³/mol. The summed E-state index contributed by atoms with van der Waals surface area (Å²) in [5.41, 5.74) is 2.03. The lowest BCUT2D eigenvalue weighted by atomic mass is 10.1. The van der Waals surface area contributed by atoms with Gasteiger partial charge in [0.2, 0.25) is 0 Å². The minimum Gasteiger partial charge on any atom is -0.276 e. The molecule has 5 heteroatoms. The van der Waals surface area contributed by atoms with Crippen molar-refractivity contribution in [3.8, 4) is 10.6 Å². The first-order chi connectivity index (χ1) is 9.54. The third-order valence-electron chi connectivity index (χ3n) is 2.98. The fourth-order valence-electron chi connectivity index (χ4n) is 2.06. The summed E-state index contributed by atoms with van der Waals surface area (Å²) in [5, 5.41) is 0.293. The Hall–Kier alpha value is -1.23. The van der Waals surface area contributed by atoms with E-state index in [-0.39, 0.29) is 0 Å². The van der Waals surface area contributed by atoms with Gasteiger partial charge in [-0.05, 0) is 54.9 Å². The molecule has 0 spiro atoms. The van der Waals surface area contributed by atoms with Crippen LogP contribution in [0.1, 0.15) is 15.2 Å². The van der Waals surface area contributed by atoms with Gasteiger partial charge in [-0.3, -0.25) is 4.79 Å². The summed E-state index contributed by atoms with van der Waals surface area (Å²) >= 11 is 10.8. The summed E-state index contributed by atoms with van der Waals surface area (Å²) < 4.78 is 0.894. The molecule has 2 heterocycles. The van der Waals surface area contributed by atoms with E-state index in [4.69, 9.17) is 11.6 Å². The lowest BCUT2D eigenvalue weighted by Crippen LogP contribution is -1.95. The van der Waals surface area contributed by atoms with Gasteiger partial charge in [-0.1, -0.05) is 15.9 Å².